The fourth-order valence-corrected chi connectivity index (χ4v) is 3.28. The summed E-state index contributed by atoms with van der Waals surface area (Å²) in [6.45, 7) is 3.10. The van der Waals surface area contributed by atoms with E-state index in [9.17, 15) is 24.2 Å². The molecule has 0 radical (unpaired) electrons. The molecule has 0 amide bonds. The highest BCUT2D eigenvalue weighted by Gasteiger charge is 2.65. The molecule has 0 saturated carbocycles. The Labute approximate surface area is 150 Å². The van der Waals surface area contributed by atoms with Crippen molar-refractivity contribution in [3.05, 3.63) is 58.3 Å². The highest BCUT2D eigenvalue weighted by molar-refractivity contribution is 8.45. The number of aryl methyl sites for hydroxylation is 1. The molecular formula is C16H15F5N4OS. The Balaban J connectivity index is 2.01. The van der Waals surface area contributed by atoms with Crippen molar-refractivity contribution < 1.29 is 19.4 Å². The zero-order valence-corrected chi connectivity index (χ0v) is 15.0. The first-order chi connectivity index (χ1) is 12.2. The van der Waals surface area contributed by atoms with Crippen LogP contribution in [0.15, 0.2) is 46.2 Å². The van der Waals surface area contributed by atoms with Crippen molar-refractivity contribution in [2.24, 2.45) is 0 Å². The van der Waals surface area contributed by atoms with Gasteiger partial charge in [0.15, 0.2) is 0 Å². The van der Waals surface area contributed by atoms with E-state index in [4.69, 9.17) is 0 Å². The fraction of sp³-hybridized carbons (Fsp3) is 0.188. The fourth-order valence-electron chi connectivity index (χ4n) is 2.59. The van der Waals surface area contributed by atoms with E-state index in [1.165, 1.54) is 25.3 Å². The molecule has 146 valence electrons. The van der Waals surface area contributed by atoms with Crippen LogP contribution in [0.25, 0.3) is 10.9 Å². The Hall–Kier alpha value is -2.69. The number of aromatic nitrogens is 3. The van der Waals surface area contributed by atoms with Gasteiger partial charge in [0, 0.05) is 12.3 Å². The van der Waals surface area contributed by atoms with E-state index >= 15 is 0 Å². The first-order valence-corrected chi connectivity index (χ1v) is 9.66. The minimum Gasteiger partial charge on any atom is -0.363 e. The van der Waals surface area contributed by atoms with E-state index in [2.05, 4.69) is 20.3 Å². The third-order valence-electron chi connectivity index (χ3n) is 3.87. The monoisotopic (exact) mass is 406 g/mol. The molecule has 2 heterocycles. The van der Waals surface area contributed by atoms with Gasteiger partial charge >= 0.3 is 10.2 Å². The molecule has 1 unspecified atom stereocenters. The summed E-state index contributed by atoms with van der Waals surface area (Å²) in [5.74, 6) is 0.600. The number of nitrogens with one attached hydrogen (secondary N) is 2. The van der Waals surface area contributed by atoms with Crippen LogP contribution < -0.4 is 10.9 Å². The third kappa shape index (κ3) is 4.18. The number of nitrogens with zero attached hydrogens (tertiary/aromatic N) is 2. The van der Waals surface area contributed by atoms with Gasteiger partial charge in [-0.05, 0) is 31.5 Å². The van der Waals surface area contributed by atoms with Gasteiger partial charge < -0.3 is 10.3 Å². The average Bonchev–Trinajstić information content (AvgIpc) is 2.52. The van der Waals surface area contributed by atoms with E-state index in [0.29, 0.717) is 28.9 Å². The van der Waals surface area contributed by atoms with Gasteiger partial charge in [0.25, 0.3) is 0 Å². The van der Waals surface area contributed by atoms with Gasteiger partial charge in [0.1, 0.15) is 16.5 Å². The minimum atomic E-state index is -9.77. The maximum absolute atomic E-state index is 13.0. The van der Waals surface area contributed by atoms with Crippen LogP contribution in [-0.4, -0.2) is 15.0 Å². The first-order valence-electron chi connectivity index (χ1n) is 7.70. The molecule has 2 aromatic heterocycles. The van der Waals surface area contributed by atoms with Crippen molar-refractivity contribution in [1.29, 1.82) is 0 Å². The van der Waals surface area contributed by atoms with Crippen LogP contribution in [0.2, 0.25) is 0 Å². The highest BCUT2D eigenvalue weighted by atomic mass is 32.5. The van der Waals surface area contributed by atoms with E-state index in [1.807, 2.05) is 0 Å². The van der Waals surface area contributed by atoms with Crippen molar-refractivity contribution in [2.45, 2.75) is 24.8 Å². The second kappa shape index (κ2) is 5.41. The maximum atomic E-state index is 13.0. The molecule has 0 aliphatic carbocycles. The summed E-state index contributed by atoms with van der Waals surface area (Å²) in [5.41, 5.74) is -0.0144. The number of aromatic amines is 1. The molecule has 0 aliphatic rings. The third-order valence-corrected chi connectivity index (χ3v) is 5.02. The van der Waals surface area contributed by atoms with E-state index < -0.39 is 21.2 Å². The van der Waals surface area contributed by atoms with Crippen molar-refractivity contribution in [2.75, 3.05) is 5.32 Å². The summed E-state index contributed by atoms with van der Waals surface area (Å²) in [6.07, 6.45) is 1.37. The molecule has 1 atom stereocenters. The standard InChI is InChI=1S/C16H15F5N4OS/c1-9(11-4-3-5-12(6-11)27(17,18,19,20)21)23-16-13-8-22-15(26)7-14(13)24-10(2)25-16/h3-9H,1-2H3,(H,22,26)(H,23,24,25). The lowest BCUT2D eigenvalue weighted by molar-refractivity contribution is 0.364. The molecule has 0 aliphatic heterocycles. The number of pyridine rings is 1. The van der Waals surface area contributed by atoms with Crippen LogP contribution in [0, 0.1) is 6.92 Å². The Morgan fingerprint density at radius 2 is 1.81 bits per heavy atom. The number of rotatable bonds is 4. The SMILES string of the molecule is Cc1nc(NC(C)c2cccc(S(F)(F)(F)(F)F)c2)c2c[nH]c(=O)cc2n1. The van der Waals surface area contributed by atoms with E-state index in [0.717, 1.165) is 6.07 Å². The van der Waals surface area contributed by atoms with Gasteiger partial charge in [-0.3, -0.25) is 4.79 Å². The van der Waals surface area contributed by atoms with Crippen LogP contribution in [0.3, 0.4) is 0 Å². The molecule has 0 bridgehead atoms. The summed E-state index contributed by atoms with van der Waals surface area (Å²) in [5, 5.41) is 3.33. The lowest BCUT2D eigenvalue weighted by atomic mass is 10.1. The predicted octanol–water partition coefficient (Wildman–Crippen LogP) is 5.46. The van der Waals surface area contributed by atoms with Gasteiger partial charge in [-0.25, -0.2) is 9.97 Å². The minimum absolute atomic E-state index is 0.00888. The Morgan fingerprint density at radius 1 is 1.11 bits per heavy atom. The van der Waals surface area contributed by atoms with Gasteiger partial charge in [-0.1, -0.05) is 31.6 Å². The van der Waals surface area contributed by atoms with Gasteiger partial charge in [-0.15, -0.1) is 0 Å². The molecule has 0 fully saturated rings. The van der Waals surface area contributed by atoms with Gasteiger partial charge in [-0.2, -0.15) is 0 Å². The number of hydrogen-bond donors (Lipinski definition) is 2. The van der Waals surface area contributed by atoms with Gasteiger partial charge in [0.2, 0.25) is 5.56 Å². The lowest BCUT2D eigenvalue weighted by Crippen LogP contribution is -2.12. The number of benzene rings is 1. The Morgan fingerprint density at radius 3 is 2.48 bits per heavy atom. The maximum Gasteiger partial charge on any atom is 0.310 e. The van der Waals surface area contributed by atoms with Crippen LogP contribution in [0.1, 0.15) is 24.4 Å². The highest BCUT2D eigenvalue weighted by Crippen LogP contribution is 3.02. The molecular weight excluding hydrogens is 391 g/mol. The Kier molecular flexibility index (Phi) is 3.82. The summed E-state index contributed by atoms with van der Waals surface area (Å²) in [6, 6.07) is 3.51. The molecule has 3 rings (SSSR count). The predicted molar refractivity (Wildman–Crippen MR) is 94.8 cm³/mol. The van der Waals surface area contributed by atoms with Crippen LogP contribution in [0.5, 0.6) is 0 Å². The number of fused-ring (bicyclic) bond motifs is 1. The van der Waals surface area contributed by atoms with E-state index in [1.54, 1.807) is 6.92 Å². The number of hydrogen-bond acceptors (Lipinski definition) is 4. The smallest absolute Gasteiger partial charge is 0.310 e. The number of anilines is 1. The Bertz CT molecular complexity index is 1100. The zero-order valence-electron chi connectivity index (χ0n) is 14.1. The lowest BCUT2D eigenvalue weighted by Gasteiger charge is -2.40. The van der Waals surface area contributed by atoms with Crippen LogP contribution in [0.4, 0.5) is 25.2 Å². The molecule has 0 saturated heterocycles. The quantitative estimate of drug-likeness (QED) is 0.565. The molecule has 11 heteroatoms. The summed E-state index contributed by atoms with van der Waals surface area (Å²) >= 11 is 0. The second-order valence-electron chi connectivity index (χ2n) is 6.12. The summed E-state index contributed by atoms with van der Waals surface area (Å²) in [4.78, 5) is 20.3. The van der Waals surface area contributed by atoms with E-state index in [-0.39, 0.29) is 16.9 Å². The van der Waals surface area contributed by atoms with Crippen molar-refractivity contribution >= 4 is 26.9 Å². The zero-order chi connectivity index (χ0) is 20.1. The molecule has 0 spiro atoms. The van der Waals surface area contributed by atoms with Crippen molar-refractivity contribution in [1.82, 2.24) is 15.0 Å². The molecule has 2 N–H and O–H groups in total. The number of H-pyrrole nitrogens is 1. The molecule has 27 heavy (non-hydrogen) atoms. The topological polar surface area (TPSA) is 70.7 Å². The summed E-state index contributed by atoms with van der Waals surface area (Å²) < 4.78 is 65.2. The number of halogens is 5. The second-order valence-corrected chi connectivity index (χ2v) is 8.53. The van der Waals surface area contributed by atoms with Crippen LogP contribution in [-0.2, 0) is 0 Å². The normalized spacial score (nSPS) is 15.8. The summed E-state index contributed by atoms with van der Waals surface area (Å²) in [7, 11) is -9.77. The molecule has 3 aromatic rings. The van der Waals surface area contributed by atoms with Crippen LogP contribution >= 0.6 is 10.2 Å². The molecule has 5 nitrogen and oxygen atoms in total. The first kappa shape index (κ1) is 19.1. The van der Waals surface area contributed by atoms with Gasteiger partial charge in [0.05, 0.1) is 16.9 Å². The van der Waals surface area contributed by atoms with Crippen molar-refractivity contribution in [3.8, 4) is 0 Å². The van der Waals surface area contributed by atoms with Crippen molar-refractivity contribution in [3.63, 3.8) is 0 Å². The largest absolute Gasteiger partial charge is 0.363 e. The average molecular weight is 406 g/mol. The molecule has 1 aromatic carbocycles.